The molecular weight excluding hydrogens is 172 g/mol. The van der Waals surface area contributed by atoms with E-state index in [9.17, 15) is 0 Å². The summed E-state index contributed by atoms with van der Waals surface area (Å²) < 4.78 is 0. The van der Waals surface area contributed by atoms with Crippen LogP contribution in [0.2, 0.25) is 0 Å². The lowest BCUT2D eigenvalue weighted by atomic mass is 9.89. The fraction of sp³-hybridized carbons (Fsp3) is 1.00. The van der Waals surface area contributed by atoms with E-state index in [4.69, 9.17) is 5.73 Å². The van der Waals surface area contributed by atoms with Gasteiger partial charge in [-0.25, -0.2) is 0 Å². The molecule has 2 heteroatoms. The van der Waals surface area contributed by atoms with Crippen LogP contribution in [0.1, 0.15) is 52.4 Å². The second kappa shape index (κ2) is 6.41. The average molecular weight is 198 g/mol. The third-order valence-corrected chi connectivity index (χ3v) is 3.12. The Kier molecular flexibility index (Phi) is 5.49. The van der Waals surface area contributed by atoms with E-state index in [0.717, 1.165) is 18.9 Å². The van der Waals surface area contributed by atoms with Gasteiger partial charge in [0.05, 0.1) is 6.17 Å². The summed E-state index contributed by atoms with van der Waals surface area (Å²) in [5.41, 5.74) is 5.98. The molecule has 1 saturated carbocycles. The quantitative estimate of drug-likeness (QED) is 0.666. The first-order chi connectivity index (χ1) is 6.68. The van der Waals surface area contributed by atoms with Gasteiger partial charge in [-0.3, -0.25) is 0 Å². The van der Waals surface area contributed by atoms with Crippen LogP contribution in [0.25, 0.3) is 0 Å². The van der Waals surface area contributed by atoms with E-state index in [1.54, 1.807) is 0 Å². The van der Waals surface area contributed by atoms with E-state index < -0.39 is 0 Å². The SMILES string of the molecule is CC(C)CC(N)NCC1CCCCC1. The Morgan fingerprint density at radius 2 is 1.86 bits per heavy atom. The van der Waals surface area contributed by atoms with Crippen LogP contribution in [-0.4, -0.2) is 12.7 Å². The molecule has 0 amide bonds. The summed E-state index contributed by atoms with van der Waals surface area (Å²) in [5.74, 6) is 1.59. The van der Waals surface area contributed by atoms with Gasteiger partial charge >= 0.3 is 0 Å². The van der Waals surface area contributed by atoms with E-state index in [1.165, 1.54) is 32.1 Å². The normalized spacial score (nSPS) is 21.4. The third kappa shape index (κ3) is 4.97. The highest BCUT2D eigenvalue weighted by Crippen LogP contribution is 2.22. The predicted molar refractivity (Wildman–Crippen MR) is 62.0 cm³/mol. The highest BCUT2D eigenvalue weighted by molar-refractivity contribution is 4.70. The summed E-state index contributed by atoms with van der Waals surface area (Å²) in [6.45, 7) is 5.58. The number of hydrogen-bond acceptors (Lipinski definition) is 2. The first-order valence-electron chi connectivity index (χ1n) is 6.17. The lowest BCUT2D eigenvalue weighted by Crippen LogP contribution is -2.41. The van der Waals surface area contributed by atoms with Crippen LogP contribution >= 0.6 is 0 Å². The second-order valence-corrected chi connectivity index (χ2v) is 5.15. The smallest absolute Gasteiger partial charge is 0.0548 e. The van der Waals surface area contributed by atoms with Crippen LogP contribution in [0.3, 0.4) is 0 Å². The van der Waals surface area contributed by atoms with E-state index >= 15 is 0 Å². The maximum atomic E-state index is 5.98. The molecule has 1 aliphatic rings. The van der Waals surface area contributed by atoms with Gasteiger partial charge in [0, 0.05) is 0 Å². The molecule has 3 N–H and O–H groups in total. The van der Waals surface area contributed by atoms with Crippen molar-refractivity contribution >= 4 is 0 Å². The molecule has 14 heavy (non-hydrogen) atoms. The fourth-order valence-corrected chi connectivity index (χ4v) is 2.30. The molecule has 0 saturated heterocycles. The minimum Gasteiger partial charge on any atom is -0.316 e. The molecule has 0 aromatic carbocycles. The molecule has 1 rings (SSSR count). The van der Waals surface area contributed by atoms with Crippen LogP contribution in [-0.2, 0) is 0 Å². The number of nitrogens with two attached hydrogens (primary N) is 1. The zero-order valence-corrected chi connectivity index (χ0v) is 9.76. The number of hydrogen-bond donors (Lipinski definition) is 2. The maximum Gasteiger partial charge on any atom is 0.0548 e. The summed E-state index contributed by atoms with van der Waals surface area (Å²) in [6.07, 6.45) is 8.39. The lowest BCUT2D eigenvalue weighted by molar-refractivity contribution is 0.316. The molecule has 0 aromatic heterocycles. The molecule has 1 unspecified atom stereocenters. The van der Waals surface area contributed by atoms with Crippen molar-refractivity contribution in [2.75, 3.05) is 6.54 Å². The summed E-state index contributed by atoms with van der Waals surface area (Å²) in [7, 11) is 0. The maximum absolute atomic E-state index is 5.98. The molecule has 0 aliphatic heterocycles. The van der Waals surface area contributed by atoms with Crippen molar-refractivity contribution in [1.82, 2.24) is 5.32 Å². The van der Waals surface area contributed by atoms with Crippen molar-refractivity contribution in [3.05, 3.63) is 0 Å². The van der Waals surface area contributed by atoms with Crippen molar-refractivity contribution in [3.8, 4) is 0 Å². The number of rotatable bonds is 5. The zero-order chi connectivity index (χ0) is 10.4. The summed E-state index contributed by atoms with van der Waals surface area (Å²) in [6, 6.07) is 0. The molecule has 0 bridgehead atoms. The van der Waals surface area contributed by atoms with Crippen LogP contribution in [0.4, 0.5) is 0 Å². The van der Waals surface area contributed by atoms with Crippen molar-refractivity contribution in [1.29, 1.82) is 0 Å². The Morgan fingerprint density at radius 1 is 1.21 bits per heavy atom. The van der Waals surface area contributed by atoms with Crippen molar-refractivity contribution in [2.45, 2.75) is 58.5 Å². The van der Waals surface area contributed by atoms with E-state index in [2.05, 4.69) is 19.2 Å². The molecule has 0 aromatic rings. The standard InChI is InChI=1S/C12H26N2/c1-10(2)8-12(13)14-9-11-6-4-3-5-7-11/h10-12,14H,3-9,13H2,1-2H3. The molecule has 1 fully saturated rings. The molecule has 2 nitrogen and oxygen atoms in total. The Bertz CT molecular complexity index is 139. The van der Waals surface area contributed by atoms with Crippen LogP contribution < -0.4 is 11.1 Å². The minimum atomic E-state index is 0.205. The van der Waals surface area contributed by atoms with Gasteiger partial charge < -0.3 is 11.1 Å². The fourth-order valence-electron chi connectivity index (χ4n) is 2.30. The van der Waals surface area contributed by atoms with Crippen molar-refractivity contribution in [3.63, 3.8) is 0 Å². The van der Waals surface area contributed by atoms with Gasteiger partial charge in [-0.2, -0.15) is 0 Å². The van der Waals surface area contributed by atoms with Crippen LogP contribution in [0.5, 0.6) is 0 Å². The highest BCUT2D eigenvalue weighted by atomic mass is 15.0. The first-order valence-corrected chi connectivity index (χ1v) is 6.17. The summed E-state index contributed by atoms with van der Waals surface area (Å²) in [4.78, 5) is 0. The Balaban J connectivity index is 2.06. The summed E-state index contributed by atoms with van der Waals surface area (Å²) in [5, 5.41) is 3.46. The molecule has 0 heterocycles. The predicted octanol–water partition coefficient (Wildman–Crippen LogP) is 2.49. The van der Waals surface area contributed by atoms with E-state index in [-0.39, 0.29) is 6.17 Å². The summed E-state index contributed by atoms with van der Waals surface area (Å²) >= 11 is 0. The monoisotopic (exact) mass is 198 g/mol. The zero-order valence-electron chi connectivity index (χ0n) is 9.76. The second-order valence-electron chi connectivity index (χ2n) is 5.15. The molecule has 0 radical (unpaired) electrons. The van der Waals surface area contributed by atoms with Crippen LogP contribution in [0.15, 0.2) is 0 Å². The molecule has 1 aliphatic carbocycles. The van der Waals surface area contributed by atoms with Crippen molar-refractivity contribution in [2.24, 2.45) is 17.6 Å². The van der Waals surface area contributed by atoms with Gasteiger partial charge in [-0.05, 0) is 37.6 Å². The number of nitrogens with one attached hydrogen (secondary N) is 1. The van der Waals surface area contributed by atoms with Gasteiger partial charge in [-0.1, -0.05) is 33.1 Å². The molecular formula is C12H26N2. The Labute approximate surface area is 88.6 Å². The van der Waals surface area contributed by atoms with Gasteiger partial charge in [0.15, 0.2) is 0 Å². The molecule has 1 atom stereocenters. The van der Waals surface area contributed by atoms with Gasteiger partial charge in [-0.15, -0.1) is 0 Å². The van der Waals surface area contributed by atoms with Crippen LogP contribution in [0, 0.1) is 11.8 Å². The van der Waals surface area contributed by atoms with E-state index in [1.807, 2.05) is 0 Å². The average Bonchev–Trinajstić information content (AvgIpc) is 2.15. The minimum absolute atomic E-state index is 0.205. The third-order valence-electron chi connectivity index (χ3n) is 3.12. The van der Waals surface area contributed by atoms with Gasteiger partial charge in [0.2, 0.25) is 0 Å². The molecule has 0 spiro atoms. The molecule has 84 valence electrons. The van der Waals surface area contributed by atoms with Gasteiger partial charge in [0.25, 0.3) is 0 Å². The Morgan fingerprint density at radius 3 is 2.43 bits per heavy atom. The largest absolute Gasteiger partial charge is 0.316 e. The first kappa shape index (κ1) is 12.0. The topological polar surface area (TPSA) is 38.0 Å². The Hall–Kier alpha value is -0.0800. The van der Waals surface area contributed by atoms with Gasteiger partial charge in [0.1, 0.15) is 0 Å². The lowest BCUT2D eigenvalue weighted by Gasteiger charge is -2.24. The van der Waals surface area contributed by atoms with E-state index in [0.29, 0.717) is 5.92 Å². The van der Waals surface area contributed by atoms with Crippen molar-refractivity contribution < 1.29 is 0 Å². The highest BCUT2D eigenvalue weighted by Gasteiger charge is 2.14.